The van der Waals surface area contributed by atoms with E-state index in [1.807, 2.05) is 49.2 Å². The number of hydrogen-bond acceptors (Lipinski definition) is 2. The van der Waals surface area contributed by atoms with E-state index in [1.165, 1.54) is 12.1 Å². The van der Waals surface area contributed by atoms with Gasteiger partial charge in [-0.2, -0.15) is 0 Å². The summed E-state index contributed by atoms with van der Waals surface area (Å²) in [6.45, 7) is 1.89. The van der Waals surface area contributed by atoms with Crippen LogP contribution in [-0.2, 0) is 0 Å². The molecular weight excluding hydrogens is 215 g/mol. The van der Waals surface area contributed by atoms with Crippen molar-refractivity contribution in [2.75, 3.05) is 17.7 Å². The van der Waals surface area contributed by atoms with Gasteiger partial charge in [-0.05, 0) is 36.8 Å². The highest BCUT2D eigenvalue weighted by molar-refractivity contribution is 5.71. The molecule has 0 aliphatic carbocycles. The number of nitrogens with zero attached hydrogens (tertiary/aromatic N) is 1. The van der Waals surface area contributed by atoms with Crippen molar-refractivity contribution in [3.63, 3.8) is 0 Å². The molecule has 88 valence electrons. The standard InChI is InChI=1S/C14H15FN2/c1-10-13(16)8-11(15)9-14(10)17(2)12-6-4-3-5-7-12/h3-9H,16H2,1-2H3. The van der Waals surface area contributed by atoms with Crippen LogP contribution in [0.2, 0.25) is 0 Å². The number of benzene rings is 2. The summed E-state index contributed by atoms with van der Waals surface area (Å²) in [7, 11) is 1.90. The summed E-state index contributed by atoms with van der Waals surface area (Å²) in [5.74, 6) is -0.314. The van der Waals surface area contributed by atoms with E-state index in [-0.39, 0.29) is 5.82 Å². The van der Waals surface area contributed by atoms with Gasteiger partial charge in [-0.1, -0.05) is 18.2 Å². The maximum absolute atomic E-state index is 13.4. The lowest BCUT2D eigenvalue weighted by atomic mass is 10.1. The van der Waals surface area contributed by atoms with Gasteiger partial charge in [0, 0.05) is 24.1 Å². The molecular formula is C14H15FN2. The molecule has 17 heavy (non-hydrogen) atoms. The van der Waals surface area contributed by atoms with Gasteiger partial charge >= 0.3 is 0 Å². The first-order valence-corrected chi connectivity index (χ1v) is 5.44. The molecule has 0 amide bonds. The summed E-state index contributed by atoms with van der Waals surface area (Å²) in [6.07, 6.45) is 0. The lowest BCUT2D eigenvalue weighted by Crippen LogP contribution is -2.12. The summed E-state index contributed by atoms with van der Waals surface area (Å²) in [4.78, 5) is 1.93. The number of anilines is 3. The fraction of sp³-hybridized carbons (Fsp3) is 0.143. The van der Waals surface area contributed by atoms with Crippen LogP contribution in [0.4, 0.5) is 21.5 Å². The monoisotopic (exact) mass is 230 g/mol. The Morgan fingerprint density at radius 3 is 2.41 bits per heavy atom. The summed E-state index contributed by atoms with van der Waals surface area (Å²) < 4.78 is 13.4. The van der Waals surface area contributed by atoms with Crippen molar-refractivity contribution in [2.45, 2.75) is 6.92 Å². The smallest absolute Gasteiger partial charge is 0.127 e. The zero-order chi connectivity index (χ0) is 12.4. The Labute approximate surface area is 100 Å². The van der Waals surface area contributed by atoms with Crippen molar-refractivity contribution in [1.82, 2.24) is 0 Å². The number of hydrogen-bond donors (Lipinski definition) is 1. The number of halogens is 1. The molecule has 0 unspecified atom stereocenters. The highest BCUT2D eigenvalue weighted by atomic mass is 19.1. The van der Waals surface area contributed by atoms with Crippen LogP contribution in [0.3, 0.4) is 0 Å². The van der Waals surface area contributed by atoms with Gasteiger partial charge in [0.05, 0.1) is 0 Å². The topological polar surface area (TPSA) is 29.3 Å². The average molecular weight is 230 g/mol. The van der Waals surface area contributed by atoms with Crippen molar-refractivity contribution >= 4 is 17.1 Å². The van der Waals surface area contributed by atoms with Gasteiger partial charge in [0.25, 0.3) is 0 Å². The maximum atomic E-state index is 13.4. The van der Waals surface area contributed by atoms with E-state index in [4.69, 9.17) is 5.73 Å². The minimum absolute atomic E-state index is 0.314. The number of para-hydroxylation sites is 1. The highest BCUT2D eigenvalue weighted by Gasteiger charge is 2.10. The van der Waals surface area contributed by atoms with Crippen molar-refractivity contribution in [1.29, 1.82) is 0 Å². The summed E-state index contributed by atoms with van der Waals surface area (Å²) in [5.41, 5.74) is 8.92. The van der Waals surface area contributed by atoms with Crippen LogP contribution in [0.5, 0.6) is 0 Å². The molecule has 0 radical (unpaired) electrons. The van der Waals surface area contributed by atoms with Crippen molar-refractivity contribution < 1.29 is 4.39 Å². The molecule has 0 saturated carbocycles. The van der Waals surface area contributed by atoms with Crippen LogP contribution in [0, 0.1) is 12.7 Å². The molecule has 0 aromatic heterocycles. The van der Waals surface area contributed by atoms with Crippen LogP contribution in [0.1, 0.15) is 5.56 Å². The van der Waals surface area contributed by atoms with Crippen LogP contribution in [0.25, 0.3) is 0 Å². The first-order chi connectivity index (χ1) is 8.09. The summed E-state index contributed by atoms with van der Waals surface area (Å²) in [6, 6.07) is 12.6. The average Bonchev–Trinajstić information content (AvgIpc) is 2.34. The Kier molecular flexibility index (Phi) is 3.00. The minimum atomic E-state index is -0.314. The predicted octanol–water partition coefficient (Wildman–Crippen LogP) is 3.48. The lowest BCUT2D eigenvalue weighted by molar-refractivity contribution is 0.628. The molecule has 2 aromatic rings. The molecule has 0 spiro atoms. The van der Waals surface area contributed by atoms with E-state index in [2.05, 4.69) is 0 Å². The minimum Gasteiger partial charge on any atom is -0.398 e. The molecule has 2 nitrogen and oxygen atoms in total. The SMILES string of the molecule is Cc1c(N)cc(F)cc1N(C)c1ccccc1. The zero-order valence-corrected chi connectivity index (χ0v) is 9.94. The van der Waals surface area contributed by atoms with Gasteiger partial charge in [0.15, 0.2) is 0 Å². The second-order valence-electron chi connectivity index (χ2n) is 4.03. The fourth-order valence-corrected chi connectivity index (χ4v) is 1.82. The second kappa shape index (κ2) is 4.45. The van der Waals surface area contributed by atoms with Crippen LogP contribution >= 0.6 is 0 Å². The molecule has 2 rings (SSSR count). The van der Waals surface area contributed by atoms with E-state index in [9.17, 15) is 4.39 Å². The summed E-state index contributed by atoms with van der Waals surface area (Å²) >= 11 is 0. The molecule has 0 fully saturated rings. The molecule has 2 N–H and O–H groups in total. The Hall–Kier alpha value is -2.03. The van der Waals surface area contributed by atoms with E-state index in [1.54, 1.807) is 0 Å². The van der Waals surface area contributed by atoms with Gasteiger partial charge in [-0.15, -0.1) is 0 Å². The third kappa shape index (κ3) is 2.23. The van der Waals surface area contributed by atoms with Crippen molar-refractivity contribution in [3.05, 3.63) is 53.8 Å². The molecule has 0 bridgehead atoms. The third-order valence-corrected chi connectivity index (χ3v) is 2.89. The summed E-state index contributed by atoms with van der Waals surface area (Å²) in [5, 5.41) is 0. The quantitative estimate of drug-likeness (QED) is 0.800. The maximum Gasteiger partial charge on any atom is 0.127 e. The first kappa shape index (κ1) is 11.5. The molecule has 2 aromatic carbocycles. The Bertz CT molecular complexity index is 523. The van der Waals surface area contributed by atoms with Crippen LogP contribution in [0.15, 0.2) is 42.5 Å². The normalized spacial score (nSPS) is 10.3. The van der Waals surface area contributed by atoms with Gasteiger partial charge < -0.3 is 10.6 Å². The largest absolute Gasteiger partial charge is 0.398 e. The van der Waals surface area contributed by atoms with Gasteiger partial charge in [0.1, 0.15) is 5.82 Å². The Morgan fingerprint density at radius 2 is 1.76 bits per heavy atom. The number of nitrogen functional groups attached to an aromatic ring is 1. The fourth-order valence-electron chi connectivity index (χ4n) is 1.82. The van der Waals surface area contributed by atoms with Gasteiger partial charge in [-0.3, -0.25) is 0 Å². The Morgan fingerprint density at radius 1 is 1.12 bits per heavy atom. The van der Waals surface area contributed by atoms with E-state index in [0.717, 1.165) is 16.9 Å². The molecule has 0 aliphatic rings. The number of rotatable bonds is 2. The number of nitrogens with two attached hydrogens (primary N) is 1. The first-order valence-electron chi connectivity index (χ1n) is 5.44. The van der Waals surface area contributed by atoms with Crippen molar-refractivity contribution in [2.24, 2.45) is 0 Å². The predicted molar refractivity (Wildman–Crippen MR) is 70.1 cm³/mol. The van der Waals surface area contributed by atoms with Gasteiger partial charge in [-0.25, -0.2) is 4.39 Å². The molecule has 0 heterocycles. The molecule has 0 aliphatic heterocycles. The van der Waals surface area contributed by atoms with E-state index < -0.39 is 0 Å². The van der Waals surface area contributed by atoms with Gasteiger partial charge in [0.2, 0.25) is 0 Å². The Balaban J connectivity index is 2.48. The van der Waals surface area contributed by atoms with Crippen LogP contribution < -0.4 is 10.6 Å². The van der Waals surface area contributed by atoms with Crippen LogP contribution in [-0.4, -0.2) is 7.05 Å². The highest BCUT2D eigenvalue weighted by Crippen LogP contribution is 2.30. The van der Waals surface area contributed by atoms with Crippen molar-refractivity contribution in [3.8, 4) is 0 Å². The molecule has 0 atom stereocenters. The molecule has 3 heteroatoms. The molecule has 0 saturated heterocycles. The lowest BCUT2D eigenvalue weighted by Gasteiger charge is -2.22. The second-order valence-corrected chi connectivity index (χ2v) is 4.03. The zero-order valence-electron chi connectivity index (χ0n) is 9.94. The van der Waals surface area contributed by atoms with E-state index >= 15 is 0 Å². The third-order valence-electron chi connectivity index (χ3n) is 2.89. The van der Waals surface area contributed by atoms with E-state index in [0.29, 0.717) is 5.69 Å².